The predicted molar refractivity (Wildman–Crippen MR) is 72.8 cm³/mol. The summed E-state index contributed by atoms with van der Waals surface area (Å²) in [5.41, 5.74) is 3.56. The van der Waals surface area contributed by atoms with Gasteiger partial charge in [-0.2, -0.15) is 0 Å². The molecule has 1 aromatic carbocycles. The van der Waals surface area contributed by atoms with E-state index in [2.05, 4.69) is 16.7 Å². The highest BCUT2D eigenvalue weighted by atomic mass is 16.2. The number of amides is 2. The Morgan fingerprint density at radius 3 is 2.89 bits per heavy atom. The van der Waals surface area contributed by atoms with Gasteiger partial charge < -0.3 is 10.6 Å². The first-order valence-corrected chi connectivity index (χ1v) is 6.92. The van der Waals surface area contributed by atoms with Crippen LogP contribution in [-0.2, 0) is 22.4 Å². The second-order valence-electron chi connectivity index (χ2n) is 5.34. The highest BCUT2D eigenvalue weighted by Gasteiger charge is 2.28. The summed E-state index contributed by atoms with van der Waals surface area (Å²) >= 11 is 0. The molecule has 1 saturated heterocycles. The van der Waals surface area contributed by atoms with Crippen molar-refractivity contribution in [2.75, 3.05) is 11.9 Å². The number of carbonyl (C=O) groups excluding carboxylic acids is 2. The molecule has 1 aliphatic heterocycles. The van der Waals surface area contributed by atoms with Crippen LogP contribution < -0.4 is 10.6 Å². The Bertz CT molecular complexity index is 525. The maximum Gasteiger partial charge on any atom is 0.229 e. The van der Waals surface area contributed by atoms with Gasteiger partial charge in [-0.1, -0.05) is 12.1 Å². The minimum absolute atomic E-state index is 0.0322. The monoisotopic (exact) mass is 258 g/mol. The molecule has 1 unspecified atom stereocenters. The molecule has 0 saturated carbocycles. The van der Waals surface area contributed by atoms with Crippen molar-refractivity contribution in [3.8, 4) is 0 Å². The summed E-state index contributed by atoms with van der Waals surface area (Å²) in [6.07, 6.45) is 4.85. The molecule has 1 aliphatic carbocycles. The van der Waals surface area contributed by atoms with Crippen LogP contribution in [0, 0.1) is 5.92 Å². The van der Waals surface area contributed by atoms with E-state index < -0.39 is 0 Å². The SMILES string of the molecule is O=C1CC(C(=O)Nc2cccc3c2CCCC3)CN1. The van der Waals surface area contributed by atoms with Gasteiger partial charge in [-0.25, -0.2) is 0 Å². The van der Waals surface area contributed by atoms with Crippen LogP contribution in [0.25, 0.3) is 0 Å². The van der Waals surface area contributed by atoms with Crippen LogP contribution in [-0.4, -0.2) is 18.4 Å². The second-order valence-corrected chi connectivity index (χ2v) is 5.34. The number of aryl methyl sites for hydroxylation is 1. The van der Waals surface area contributed by atoms with Crippen LogP contribution in [0.4, 0.5) is 5.69 Å². The first kappa shape index (κ1) is 12.2. The molecule has 0 bridgehead atoms. The topological polar surface area (TPSA) is 58.2 Å². The molecule has 1 aromatic rings. The van der Waals surface area contributed by atoms with E-state index in [1.165, 1.54) is 24.0 Å². The van der Waals surface area contributed by atoms with E-state index in [1.54, 1.807) is 0 Å². The fraction of sp³-hybridized carbons (Fsp3) is 0.467. The van der Waals surface area contributed by atoms with Gasteiger partial charge in [0.1, 0.15) is 0 Å². The quantitative estimate of drug-likeness (QED) is 0.847. The van der Waals surface area contributed by atoms with Gasteiger partial charge in [0, 0.05) is 18.7 Å². The molecule has 0 spiro atoms. The predicted octanol–water partition coefficient (Wildman–Crippen LogP) is 1.64. The third-order valence-corrected chi connectivity index (χ3v) is 4.00. The first-order chi connectivity index (χ1) is 9.24. The molecule has 2 amide bonds. The van der Waals surface area contributed by atoms with E-state index >= 15 is 0 Å². The van der Waals surface area contributed by atoms with Crippen molar-refractivity contribution in [3.63, 3.8) is 0 Å². The smallest absolute Gasteiger partial charge is 0.229 e. The van der Waals surface area contributed by atoms with E-state index in [9.17, 15) is 9.59 Å². The Balaban J connectivity index is 1.76. The lowest BCUT2D eigenvalue weighted by atomic mass is 9.90. The largest absolute Gasteiger partial charge is 0.355 e. The minimum Gasteiger partial charge on any atom is -0.355 e. The van der Waals surface area contributed by atoms with Crippen LogP contribution in [0.3, 0.4) is 0 Å². The molecular weight excluding hydrogens is 240 g/mol. The van der Waals surface area contributed by atoms with Crippen LogP contribution in [0.2, 0.25) is 0 Å². The maximum atomic E-state index is 12.1. The average Bonchev–Trinajstić information content (AvgIpc) is 2.86. The van der Waals surface area contributed by atoms with Crippen LogP contribution in [0.1, 0.15) is 30.4 Å². The zero-order valence-corrected chi connectivity index (χ0v) is 10.9. The third-order valence-electron chi connectivity index (χ3n) is 4.00. The normalized spacial score (nSPS) is 21.7. The summed E-state index contributed by atoms with van der Waals surface area (Å²) in [5, 5.41) is 5.70. The number of carbonyl (C=O) groups is 2. The molecule has 1 atom stereocenters. The lowest BCUT2D eigenvalue weighted by Crippen LogP contribution is -2.25. The Morgan fingerprint density at radius 2 is 2.11 bits per heavy atom. The fourth-order valence-corrected chi connectivity index (χ4v) is 2.92. The summed E-state index contributed by atoms with van der Waals surface area (Å²) in [6, 6.07) is 6.11. The molecule has 0 radical (unpaired) electrons. The van der Waals surface area contributed by atoms with Crippen molar-refractivity contribution < 1.29 is 9.59 Å². The zero-order chi connectivity index (χ0) is 13.2. The van der Waals surface area contributed by atoms with Crippen molar-refractivity contribution in [3.05, 3.63) is 29.3 Å². The molecule has 19 heavy (non-hydrogen) atoms. The van der Waals surface area contributed by atoms with E-state index in [-0.39, 0.29) is 17.7 Å². The Kier molecular flexibility index (Phi) is 3.23. The van der Waals surface area contributed by atoms with Gasteiger partial charge in [0.2, 0.25) is 11.8 Å². The summed E-state index contributed by atoms with van der Waals surface area (Å²) < 4.78 is 0. The molecule has 1 fully saturated rings. The molecular formula is C15H18N2O2. The average molecular weight is 258 g/mol. The molecule has 0 aromatic heterocycles. The number of hydrogen-bond donors (Lipinski definition) is 2. The maximum absolute atomic E-state index is 12.1. The van der Waals surface area contributed by atoms with Crippen molar-refractivity contribution in [1.29, 1.82) is 0 Å². The van der Waals surface area contributed by atoms with Crippen LogP contribution in [0.5, 0.6) is 0 Å². The Hall–Kier alpha value is -1.84. The van der Waals surface area contributed by atoms with E-state index in [1.807, 2.05) is 12.1 Å². The van der Waals surface area contributed by atoms with Gasteiger partial charge in [-0.05, 0) is 42.9 Å². The fourth-order valence-electron chi connectivity index (χ4n) is 2.92. The number of hydrogen-bond acceptors (Lipinski definition) is 2. The highest BCUT2D eigenvalue weighted by Crippen LogP contribution is 2.28. The molecule has 4 nitrogen and oxygen atoms in total. The number of fused-ring (bicyclic) bond motifs is 1. The van der Waals surface area contributed by atoms with Gasteiger partial charge in [-0.15, -0.1) is 0 Å². The Morgan fingerprint density at radius 1 is 1.26 bits per heavy atom. The molecule has 2 aliphatic rings. The molecule has 100 valence electrons. The van der Waals surface area contributed by atoms with Crippen molar-refractivity contribution >= 4 is 17.5 Å². The second kappa shape index (κ2) is 5.03. The summed E-state index contributed by atoms with van der Waals surface area (Å²) in [6.45, 7) is 0.458. The van der Waals surface area contributed by atoms with Gasteiger partial charge in [-0.3, -0.25) is 9.59 Å². The summed E-state index contributed by atoms with van der Waals surface area (Å²) in [5.74, 6) is -0.306. The van der Waals surface area contributed by atoms with E-state index in [0.29, 0.717) is 13.0 Å². The number of nitrogens with one attached hydrogen (secondary N) is 2. The number of benzene rings is 1. The number of rotatable bonds is 2. The summed E-state index contributed by atoms with van der Waals surface area (Å²) in [4.78, 5) is 23.3. The van der Waals surface area contributed by atoms with Gasteiger partial charge in [0.15, 0.2) is 0 Å². The van der Waals surface area contributed by atoms with Crippen LogP contribution in [0.15, 0.2) is 18.2 Å². The molecule has 1 heterocycles. The van der Waals surface area contributed by atoms with Gasteiger partial charge in [0.05, 0.1) is 5.92 Å². The lowest BCUT2D eigenvalue weighted by molar-refractivity contribution is -0.123. The van der Waals surface area contributed by atoms with Gasteiger partial charge in [0.25, 0.3) is 0 Å². The van der Waals surface area contributed by atoms with Crippen molar-refractivity contribution in [1.82, 2.24) is 5.32 Å². The molecule has 3 rings (SSSR count). The highest BCUT2D eigenvalue weighted by molar-refractivity contribution is 5.97. The zero-order valence-electron chi connectivity index (χ0n) is 10.9. The number of anilines is 1. The standard InChI is InChI=1S/C15H18N2O2/c18-14-8-11(9-16-14)15(19)17-13-7-3-5-10-4-1-2-6-12(10)13/h3,5,7,11H,1-2,4,6,8-9H2,(H,16,18)(H,17,19). The molecule has 4 heteroatoms. The minimum atomic E-state index is -0.230. The van der Waals surface area contributed by atoms with Crippen molar-refractivity contribution in [2.24, 2.45) is 5.92 Å². The first-order valence-electron chi connectivity index (χ1n) is 6.92. The van der Waals surface area contributed by atoms with E-state index in [4.69, 9.17) is 0 Å². The van der Waals surface area contributed by atoms with Gasteiger partial charge >= 0.3 is 0 Å². The summed E-state index contributed by atoms with van der Waals surface area (Å²) in [7, 11) is 0. The third kappa shape index (κ3) is 2.48. The van der Waals surface area contributed by atoms with E-state index in [0.717, 1.165) is 18.5 Å². The molecule has 2 N–H and O–H groups in total. The Labute approximate surface area is 112 Å². The lowest BCUT2D eigenvalue weighted by Gasteiger charge is -2.20. The van der Waals surface area contributed by atoms with Crippen LogP contribution >= 0.6 is 0 Å². The van der Waals surface area contributed by atoms with Crippen molar-refractivity contribution in [2.45, 2.75) is 32.1 Å².